The molecule has 20 heavy (non-hydrogen) atoms. The molecule has 104 valence electrons. The van der Waals surface area contributed by atoms with Crippen LogP contribution in [0.3, 0.4) is 0 Å². The number of aryl methyl sites for hydroxylation is 1. The molecule has 0 saturated heterocycles. The van der Waals surface area contributed by atoms with E-state index in [0.29, 0.717) is 17.5 Å². The minimum absolute atomic E-state index is 0.0107. The largest absolute Gasteiger partial charge is 0.301 e. The van der Waals surface area contributed by atoms with Crippen molar-refractivity contribution >= 4 is 38.3 Å². The highest BCUT2D eigenvalue weighted by molar-refractivity contribution is 9.10. The van der Waals surface area contributed by atoms with Gasteiger partial charge in [0.15, 0.2) is 0 Å². The summed E-state index contributed by atoms with van der Waals surface area (Å²) >= 11 is 4.92. The fourth-order valence-electron chi connectivity index (χ4n) is 1.91. The quantitative estimate of drug-likeness (QED) is 0.892. The first-order valence-electron chi connectivity index (χ1n) is 6.58. The molecule has 1 aliphatic carbocycles. The number of aromatic nitrogens is 2. The van der Waals surface area contributed by atoms with Crippen LogP contribution in [0, 0.1) is 0 Å². The van der Waals surface area contributed by atoms with Gasteiger partial charge in [-0.05, 0) is 37.0 Å². The van der Waals surface area contributed by atoms with Crippen LogP contribution in [0.4, 0.5) is 5.13 Å². The molecule has 0 bridgehead atoms. The number of halogens is 1. The Morgan fingerprint density at radius 3 is 3.00 bits per heavy atom. The second kappa shape index (κ2) is 6.01. The van der Waals surface area contributed by atoms with E-state index in [1.807, 2.05) is 24.3 Å². The van der Waals surface area contributed by atoms with Gasteiger partial charge in [-0.3, -0.25) is 4.79 Å². The number of carbonyl (C=O) groups is 1. The molecule has 0 spiro atoms. The molecule has 6 heteroatoms. The van der Waals surface area contributed by atoms with Gasteiger partial charge in [0.05, 0.1) is 0 Å². The Morgan fingerprint density at radius 1 is 1.40 bits per heavy atom. The second-order valence-electron chi connectivity index (χ2n) is 4.90. The topological polar surface area (TPSA) is 54.9 Å². The zero-order chi connectivity index (χ0) is 13.9. The highest BCUT2D eigenvalue weighted by Crippen LogP contribution is 2.42. The maximum Gasteiger partial charge on any atom is 0.226 e. The third-order valence-electron chi connectivity index (χ3n) is 3.14. The molecular weight excluding hydrogens is 338 g/mol. The number of hydrogen-bond acceptors (Lipinski definition) is 4. The molecule has 1 aliphatic rings. The van der Waals surface area contributed by atoms with Crippen LogP contribution in [0.1, 0.15) is 35.8 Å². The molecule has 3 rings (SSSR count). The Labute approximate surface area is 129 Å². The molecule has 1 heterocycles. The number of nitrogens with zero attached hydrogens (tertiary/aromatic N) is 2. The first kappa shape index (κ1) is 13.7. The highest BCUT2D eigenvalue weighted by atomic mass is 79.9. The Hall–Kier alpha value is -1.27. The molecular formula is C14H14BrN3OS. The minimum Gasteiger partial charge on any atom is -0.301 e. The fraction of sp³-hybridized carbons (Fsp3) is 0.357. The van der Waals surface area contributed by atoms with Crippen LogP contribution in [0.5, 0.6) is 0 Å². The Kier molecular flexibility index (Phi) is 4.12. The van der Waals surface area contributed by atoms with E-state index in [9.17, 15) is 4.79 Å². The molecule has 2 aromatic rings. The Morgan fingerprint density at radius 2 is 2.25 bits per heavy atom. The van der Waals surface area contributed by atoms with Gasteiger partial charge < -0.3 is 5.32 Å². The van der Waals surface area contributed by atoms with Crippen LogP contribution in [0.15, 0.2) is 28.7 Å². The lowest BCUT2D eigenvalue weighted by Crippen LogP contribution is -2.12. The van der Waals surface area contributed by atoms with Gasteiger partial charge in [-0.1, -0.05) is 39.4 Å². The average molecular weight is 352 g/mol. The summed E-state index contributed by atoms with van der Waals surface area (Å²) in [7, 11) is 0. The Bertz CT molecular complexity index is 624. The molecule has 0 unspecified atom stereocenters. The maximum absolute atomic E-state index is 11.9. The monoisotopic (exact) mass is 351 g/mol. The lowest BCUT2D eigenvalue weighted by Gasteiger charge is -2.02. The summed E-state index contributed by atoms with van der Waals surface area (Å²) in [4.78, 5) is 11.9. The first-order chi connectivity index (χ1) is 9.70. The van der Waals surface area contributed by atoms with Crippen molar-refractivity contribution in [1.82, 2.24) is 10.2 Å². The van der Waals surface area contributed by atoms with E-state index in [1.54, 1.807) is 0 Å². The van der Waals surface area contributed by atoms with Crippen molar-refractivity contribution < 1.29 is 4.79 Å². The molecule has 1 aromatic carbocycles. The van der Waals surface area contributed by atoms with Crippen molar-refractivity contribution in [2.75, 3.05) is 5.32 Å². The van der Waals surface area contributed by atoms with Gasteiger partial charge in [0.2, 0.25) is 11.0 Å². The van der Waals surface area contributed by atoms with E-state index in [4.69, 9.17) is 0 Å². The summed E-state index contributed by atoms with van der Waals surface area (Å²) in [6.07, 6.45) is 3.57. The molecule has 4 nitrogen and oxygen atoms in total. The number of nitrogens with one attached hydrogen (secondary N) is 1. The predicted octanol–water partition coefficient (Wildman–Crippen LogP) is 3.75. The van der Waals surface area contributed by atoms with E-state index in [0.717, 1.165) is 21.5 Å². The number of carbonyl (C=O) groups excluding carboxylic acids is 1. The van der Waals surface area contributed by atoms with Crippen LogP contribution < -0.4 is 5.32 Å². The smallest absolute Gasteiger partial charge is 0.226 e. The standard InChI is InChI=1S/C14H14BrN3OS/c15-11-3-1-2-9(8-11)4-7-12(19)16-14-18-17-13(20-14)10-5-6-10/h1-3,8,10H,4-7H2,(H,16,18,19). The summed E-state index contributed by atoms with van der Waals surface area (Å²) in [6, 6.07) is 8.01. The lowest BCUT2D eigenvalue weighted by atomic mass is 10.1. The van der Waals surface area contributed by atoms with Crippen LogP contribution >= 0.6 is 27.3 Å². The van der Waals surface area contributed by atoms with Gasteiger partial charge in [-0.25, -0.2) is 0 Å². The van der Waals surface area contributed by atoms with Crippen molar-refractivity contribution in [3.8, 4) is 0 Å². The lowest BCUT2D eigenvalue weighted by molar-refractivity contribution is -0.116. The van der Waals surface area contributed by atoms with Gasteiger partial charge in [0.1, 0.15) is 5.01 Å². The first-order valence-corrected chi connectivity index (χ1v) is 8.19. The van der Waals surface area contributed by atoms with Gasteiger partial charge in [0.25, 0.3) is 0 Å². The average Bonchev–Trinajstić information content (AvgIpc) is 3.18. The predicted molar refractivity (Wildman–Crippen MR) is 83.0 cm³/mol. The highest BCUT2D eigenvalue weighted by Gasteiger charge is 2.27. The third kappa shape index (κ3) is 3.64. The molecule has 0 atom stereocenters. The van der Waals surface area contributed by atoms with Crippen LogP contribution in [0.25, 0.3) is 0 Å². The summed E-state index contributed by atoms with van der Waals surface area (Å²) in [6.45, 7) is 0. The SMILES string of the molecule is O=C(CCc1cccc(Br)c1)Nc1nnc(C2CC2)s1. The summed E-state index contributed by atoms with van der Waals surface area (Å²) in [5, 5.41) is 12.6. The van der Waals surface area contributed by atoms with Gasteiger partial charge >= 0.3 is 0 Å². The van der Waals surface area contributed by atoms with Gasteiger partial charge in [-0.2, -0.15) is 0 Å². The van der Waals surface area contributed by atoms with Gasteiger partial charge in [0, 0.05) is 16.8 Å². The number of anilines is 1. The minimum atomic E-state index is -0.0107. The fourth-order valence-corrected chi connectivity index (χ4v) is 3.29. The Balaban J connectivity index is 1.51. The van der Waals surface area contributed by atoms with Crippen LogP contribution in [-0.2, 0) is 11.2 Å². The molecule has 1 amide bonds. The van der Waals surface area contributed by atoms with Crippen LogP contribution in [0.2, 0.25) is 0 Å². The zero-order valence-electron chi connectivity index (χ0n) is 10.8. The summed E-state index contributed by atoms with van der Waals surface area (Å²) in [5.41, 5.74) is 1.14. The molecule has 1 N–H and O–H groups in total. The molecule has 1 aromatic heterocycles. The zero-order valence-corrected chi connectivity index (χ0v) is 13.2. The van der Waals surface area contributed by atoms with Crippen molar-refractivity contribution in [3.63, 3.8) is 0 Å². The van der Waals surface area contributed by atoms with E-state index in [-0.39, 0.29) is 5.91 Å². The third-order valence-corrected chi connectivity index (χ3v) is 4.64. The number of rotatable bonds is 5. The van der Waals surface area contributed by atoms with Gasteiger partial charge in [-0.15, -0.1) is 10.2 Å². The molecule has 1 fully saturated rings. The summed E-state index contributed by atoms with van der Waals surface area (Å²) in [5.74, 6) is 0.572. The molecule has 0 aliphatic heterocycles. The van der Waals surface area contributed by atoms with Crippen molar-refractivity contribution in [2.24, 2.45) is 0 Å². The number of amides is 1. The maximum atomic E-state index is 11.9. The summed E-state index contributed by atoms with van der Waals surface area (Å²) < 4.78 is 1.04. The van der Waals surface area contributed by atoms with Crippen molar-refractivity contribution in [1.29, 1.82) is 0 Å². The van der Waals surface area contributed by atoms with E-state index < -0.39 is 0 Å². The molecule has 0 radical (unpaired) electrons. The van der Waals surface area contributed by atoms with Crippen molar-refractivity contribution in [2.45, 2.75) is 31.6 Å². The van der Waals surface area contributed by atoms with E-state index in [1.165, 1.54) is 24.2 Å². The van der Waals surface area contributed by atoms with E-state index >= 15 is 0 Å². The van der Waals surface area contributed by atoms with Crippen LogP contribution in [-0.4, -0.2) is 16.1 Å². The normalized spacial score (nSPS) is 14.2. The van der Waals surface area contributed by atoms with E-state index in [2.05, 4.69) is 31.4 Å². The number of hydrogen-bond donors (Lipinski definition) is 1. The number of benzene rings is 1. The molecule has 1 saturated carbocycles. The van der Waals surface area contributed by atoms with Crippen molar-refractivity contribution in [3.05, 3.63) is 39.3 Å². The second-order valence-corrected chi connectivity index (χ2v) is 6.82.